The van der Waals surface area contributed by atoms with Gasteiger partial charge in [0.1, 0.15) is 18.3 Å². The summed E-state index contributed by atoms with van der Waals surface area (Å²) in [5, 5.41) is 25.4. The molecule has 10 nitrogen and oxygen atoms in total. The molecule has 1 saturated heterocycles. The van der Waals surface area contributed by atoms with Gasteiger partial charge in [-0.15, -0.1) is 10.2 Å². The van der Waals surface area contributed by atoms with E-state index in [1.165, 1.54) is 16.9 Å². The standard InChI is InChI=1S/C28H36N6O4/c1-19(2)14-15-29-28(37)26(21-10-12-23(35)13-11-21)33(17-24-5-4-16-38-24)25(36)18-34-31-27(30-32-34)22-8-6-20(3)7-9-22/h6-13,19,24,26,35H,4-5,14-18H2,1-3H3,(H,29,37). The van der Waals surface area contributed by atoms with Crippen LogP contribution in [0.1, 0.15) is 50.3 Å². The number of benzene rings is 2. The van der Waals surface area contributed by atoms with Crippen LogP contribution in [0.2, 0.25) is 0 Å². The molecule has 2 unspecified atom stereocenters. The van der Waals surface area contributed by atoms with Gasteiger partial charge in [0, 0.05) is 25.3 Å². The normalized spacial score (nSPS) is 15.9. The van der Waals surface area contributed by atoms with Gasteiger partial charge in [0.15, 0.2) is 0 Å². The van der Waals surface area contributed by atoms with Gasteiger partial charge in [-0.05, 0) is 55.0 Å². The van der Waals surface area contributed by atoms with Crippen molar-refractivity contribution in [2.24, 2.45) is 5.92 Å². The van der Waals surface area contributed by atoms with Crippen LogP contribution < -0.4 is 5.32 Å². The largest absolute Gasteiger partial charge is 0.508 e. The summed E-state index contributed by atoms with van der Waals surface area (Å²) in [5.41, 5.74) is 2.52. The van der Waals surface area contributed by atoms with E-state index in [-0.39, 0.29) is 36.8 Å². The summed E-state index contributed by atoms with van der Waals surface area (Å²) in [7, 11) is 0. The van der Waals surface area contributed by atoms with Crippen LogP contribution in [0, 0.1) is 12.8 Å². The number of phenols is 1. The lowest BCUT2D eigenvalue weighted by Gasteiger charge is -2.33. The van der Waals surface area contributed by atoms with Gasteiger partial charge in [-0.25, -0.2) is 0 Å². The monoisotopic (exact) mass is 520 g/mol. The molecule has 10 heteroatoms. The quantitative estimate of drug-likeness (QED) is 0.398. The number of carbonyl (C=O) groups is 2. The van der Waals surface area contributed by atoms with E-state index >= 15 is 0 Å². The molecule has 0 aliphatic carbocycles. The Kier molecular flexibility index (Phi) is 9.06. The predicted molar refractivity (Wildman–Crippen MR) is 142 cm³/mol. The fourth-order valence-electron chi connectivity index (χ4n) is 4.41. The number of nitrogens with one attached hydrogen (secondary N) is 1. The second-order valence-electron chi connectivity index (χ2n) is 10.2. The topological polar surface area (TPSA) is 122 Å². The SMILES string of the molecule is Cc1ccc(-c2nnn(CC(=O)N(CC3CCCO3)C(C(=O)NCCC(C)C)c3ccc(O)cc3)n2)cc1. The number of phenolic OH excluding ortho intramolecular Hbond substituents is 1. The summed E-state index contributed by atoms with van der Waals surface area (Å²) in [4.78, 5) is 30.1. The minimum atomic E-state index is -0.903. The third kappa shape index (κ3) is 7.16. The van der Waals surface area contributed by atoms with Gasteiger partial charge in [0.2, 0.25) is 17.6 Å². The van der Waals surface area contributed by atoms with Crippen molar-refractivity contribution in [3.05, 3.63) is 59.7 Å². The number of aromatic hydroxyl groups is 1. The lowest BCUT2D eigenvalue weighted by atomic mass is 10.0. The molecule has 1 aromatic heterocycles. The first-order valence-corrected chi connectivity index (χ1v) is 13.1. The van der Waals surface area contributed by atoms with Crippen LogP contribution in [0.15, 0.2) is 48.5 Å². The van der Waals surface area contributed by atoms with E-state index in [9.17, 15) is 14.7 Å². The molecule has 1 fully saturated rings. The molecule has 2 heterocycles. The number of tetrazole rings is 1. The number of aryl methyl sites for hydroxylation is 1. The molecule has 0 spiro atoms. The Morgan fingerprint density at radius 3 is 2.55 bits per heavy atom. The van der Waals surface area contributed by atoms with E-state index in [1.54, 1.807) is 17.0 Å². The number of ether oxygens (including phenoxy) is 1. The maximum atomic E-state index is 13.8. The van der Waals surface area contributed by atoms with Crippen molar-refractivity contribution in [1.82, 2.24) is 30.4 Å². The molecular formula is C28H36N6O4. The van der Waals surface area contributed by atoms with Gasteiger partial charge in [0.05, 0.1) is 6.10 Å². The van der Waals surface area contributed by atoms with Gasteiger partial charge in [-0.3, -0.25) is 9.59 Å². The van der Waals surface area contributed by atoms with Gasteiger partial charge in [-0.1, -0.05) is 55.8 Å². The molecule has 0 saturated carbocycles. The van der Waals surface area contributed by atoms with Crippen molar-refractivity contribution >= 4 is 11.8 Å². The van der Waals surface area contributed by atoms with Gasteiger partial charge >= 0.3 is 0 Å². The third-order valence-electron chi connectivity index (χ3n) is 6.57. The molecule has 2 atom stereocenters. The Hall–Kier alpha value is -3.79. The van der Waals surface area contributed by atoms with E-state index in [0.29, 0.717) is 30.5 Å². The van der Waals surface area contributed by atoms with E-state index in [4.69, 9.17) is 4.74 Å². The second-order valence-corrected chi connectivity index (χ2v) is 10.2. The highest BCUT2D eigenvalue weighted by atomic mass is 16.5. The number of amides is 2. The van der Waals surface area contributed by atoms with Crippen LogP contribution in [0.25, 0.3) is 11.4 Å². The Bertz CT molecular complexity index is 1200. The molecule has 0 radical (unpaired) electrons. The van der Waals surface area contributed by atoms with Crippen molar-refractivity contribution in [2.45, 2.75) is 58.7 Å². The molecule has 1 aliphatic rings. The van der Waals surface area contributed by atoms with Crippen LogP contribution in [-0.2, 0) is 20.9 Å². The molecule has 4 rings (SSSR count). The maximum absolute atomic E-state index is 13.8. The maximum Gasteiger partial charge on any atom is 0.247 e. The smallest absolute Gasteiger partial charge is 0.247 e. The fourth-order valence-corrected chi connectivity index (χ4v) is 4.41. The summed E-state index contributed by atoms with van der Waals surface area (Å²) < 4.78 is 5.84. The van der Waals surface area contributed by atoms with Crippen molar-refractivity contribution in [3.8, 4) is 17.1 Å². The average Bonchev–Trinajstić information content (AvgIpc) is 3.57. The van der Waals surface area contributed by atoms with Crippen molar-refractivity contribution < 1.29 is 19.4 Å². The molecular weight excluding hydrogens is 484 g/mol. The first kappa shape index (κ1) is 27.3. The van der Waals surface area contributed by atoms with E-state index < -0.39 is 6.04 Å². The zero-order valence-corrected chi connectivity index (χ0v) is 22.2. The number of hydrogen-bond donors (Lipinski definition) is 2. The van der Waals surface area contributed by atoms with Crippen molar-refractivity contribution in [2.75, 3.05) is 19.7 Å². The molecule has 1 aliphatic heterocycles. The summed E-state index contributed by atoms with van der Waals surface area (Å²) in [6, 6.07) is 13.2. The second kappa shape index (κ2) is 12.6. The third-order valence-corrected chi connectivity index (χ3v) is 6.57. The minimum Gasteiger partial charge on any atom is -0.508 e. The first-order valence-electron chi connectivity index (χ1n) is 13.1. The zero-order chi connectivity index (χ0) is 27.1. The number of rotatable bonds is 11. The highest BCUT2D eigenvalue weighted by Gasteiger charge is 2.34. The Morgan fingerprint density at radius 1 is 1.16 bits per heavy atom. The molecule has 3 aromatic rings. The van der Waals surface area contributed by atoms with E-state index in [0.717, 1.165) is 30.4 Å². The Balaban J connectivity index is 1.60. The van der Waals surface area contributed by atoms with Crippen LogP contribution in [0.5, 0.6) is 5.75 Å². The number of hydrogen-bond acceptors (Lipinski definition) is 7. The summed E-state index contributed by atoms with van der Waals surface area (Å²) in [6.45, 7) is 7.37. The number of nitrogens with zero attached hydrogens (tertiary/aromatic N) is 5. The molecule has 202 valence electrons. The highest BCUT2D eigenvalue weighted by molar-refractivity contribution is 5.88. The van der Waals surface area contributed by atoms with Gasteiger partial charge in [-0.2, -0.15) is 4.80 Å². The lowest BCUT2D eigenvalue weighted by molar-refractivity contribution is -0.143. The van der Waals surface area contributed by atoms with Crippen LogP contribution in [0.4, 0.5) is 0 Å². The van der Waals surface area contributed by atoms with Crippen molar-refractivity contribution in [3.63, 3.8) is 0 Å². The van der Waals surface area contributed by atoms with Crippen molar-refractivity contribution in [1.29, 1.82) is 0 Å². The average molecular weight is 521 g/mol. The molecule has 0 bridgehead atoms. The Morgan fingerprint density at radius 2 is 1.89 bits per heavy atom. The summed E-state index contributed by atoms with van der Waals surface area (Å²) >= 11 is 0. The highest BCUT2D eigenvalue weighted by Crippen LogP contribution is 2.26. The first-order chi connectivity index (χ1) is 18.3. The lowest BCUT2D eigenvalue weighted by Crippen LogP contribution is -2.48. The molecule has 2 amide bonds. The zero-order valence-electron chi connectivity index (χ0n) is 22.2. The fraction of sp³-hybridized carbons (Fsp3) is 0.464. The summed E-state index contributed by atoms with van der Waals surface area (Å²) in [5.74, 6) is 0.318. The van der Waals surface area contributed by atoms with Gasteiger partial charge < -0.3 is 20.1 Å². The van der Waals surface area contributed by atoms with Crippen LogP contribution in [0.3, 0.4) is 0 Å². The minimum absolute atomic E-state index is 0.0835. The van der Waals surface area contributed by atoms with E-state index in [2.05, 4.69) is 34.6 Å². The van der Waals surface area contributed by atoms with Crippen LogP contribution in [-0.4, -0.2) is 67.8 Å². The molecule has 2 N–H and O–H groups in total. The molecule has 2 aromatic carbocycles. The number of carbonyl (C=O) groups excluding carboxylic acids is 2. The van der Waals surface area contributed by atoms with E-state index in [1.807, 2.05) is 31.2 Å². The number of aromatic nitrogens is 4. The Labute approximate surface area is 223 Å². The summed E-state index contributed by atoms with van der Waals surface area (Å²) in [6.07, 6.45) is 2.36. The van der Waals surface area contributed by atoms with Crippen LogP contribution >= 0.6 is 0 Å². The molecule has 38 heavy (non-hydrogen) atoms. The predicted octanol–water partition coefficient (Wildman–Crippen LogP) is 3.27. The van der Waals surface area contributed by atoms with Gasteiger partial charge in [0.25, 0.3) is 0 Å².